The van der Waals surface area contributed by atoms with Crippen LogP contribution in [0.4, 0.5) is 17.6 Å². The van der Waals surface area contributed by atoms with E-state index < -0.39 is 44.9 Å². The van der Waals surface area contributed by atoms with E-state index >= 15 is 17.6 Å². The summed E-state index contributed by atoms with van der Waals surface area (Å²) in [5.41, 5.74) is 2.15. The molecule has 2 aliphatic rings. The first kappa shape index (κ1) is 48.9. The van der Waals surface area contributed by atoms with Crippen LogP contribution in [0.2, 0.25) is 0 Å². The van der Waals surface area contributed by atoms with Crippen molar-refractivity contribution in [3.8, 4) is 22.3 Å². The van der Waals surface area contributed by atoms with Crippen molar-refractivity contribution in [1.29, 1.82) is 0 Å². The number of nitrogens with zero attached hydrogens (tertiary/aromatic N) is 8. The average Bonchev–Trinajstić information content (AvgIpc) is 3.99. The number of fused-ring (bicyclic) bond motifs is 8. The first-order valence-electron chi connectivity index (χ1n) is 22.6. The molecule has 13 heteroatoms. The molecule has 1 radical (unpaired) electrons. The van der Waals surface area contributed by atoms with E-state index in [1.54, 1.807) is 72.8 Å². The average molecular weight is 972 g/mol. The van der Waals surface area contributed by atoms with Gasteiger partial charge in [-0.25, -0.2) is 27.5 Å². The van der Waals surface area contributed by atoms with Gasteiger partial charge in [0.05, 0.1) is 23.3 Å². The standard InChI is InChI=1S/C56H52F4N8.Co/c1-53(2,3)41-37(29-21-13-17-25-33(29)57)45-61-49(41)65-46-38(30-22-14-18-26-34(30)58)42(54(4,5)6)51(62-46)67-48-40(32-24-16-20-28-36(32)60)44(56(10,11)12)52(64-48)68-47-39(31-23-15-19-27-35(31)59)43(55(7,8)9)50(63-47)66-45;/h13-28H,1-12H3;/q-2;+2. The van der Waals surface area contributed by atoms with E-state index in [1.807, 2.05) is 83.1 Å². The summed E-state index contributed by atoms with van der Waals surface area (Å²) >= 11 is 0. The van der Waals surface area contributed by atoms with Crippen LogP contribution in [0.1, 0.15) is 129 Å². The quantitative estimate of drug-likeness (QED) is 0.161. The number of hydrogen-bond donors (Lipinski definition) is 0. The molecule has 0 saturated carbocycles. The van der Waals surface area contributed by atoms with Gasteiger partial charge in [0, 0.05) is 67.1 Å². The Morgan fingerprint density at radius 1 is 0.333 bits per heavy atom. The van der Waals surface area contributed by atoms with Crippen molar-refractivity contribution in [2.45, 2.75) is 93.9 Å². The Labute approximate surface area is 410 Å². The van der Waals surface area contributed by atoms with Crippen LogP contribution in [0.3, 0.4) is 0 Å². The molecule has 9 rings (SSSR count). The molecular weight excluding hydrogens is 920 g/mol. The summed E-state index contributed by atoms with van der Waals surface area (Å²) in [5, 5.41) is 0. The molecule has 0 atom stereocenters. The van der Waals surface area contributed by atoms with Crippen LogP contribution in [0.25, 0.3) is 67.1 Å². The maximum Gasteiger partial charge on any atom is 2.00 e. The van der Waals surface area contributed by atoms with Gasteiger partial charge in [0.25, 0.3) is 0 Å². The van der Waals surface area contributed by atoms with Gasteiger partial charge in [-0.1, -0.05) is 156 Å². The van der Waals surface area contributed by atoms with Gasteiger partial charge >= 0.3 is 16.8 Å². The molecule has 353 valence electrons. The van der Waals surface area contributed by atoms with Crippen molar-refractivity contribution in [3.63, 3.8) is 0 Å². The number of hydrogen-bond acceptors (Lipinski definition) is 6. The van der Waals surface area contributed by atoms with Gasteiger partial charge in [0.1, 0.15) is 23.3 Å². The predicted octanol–water partition coefficient (Wildman–Crippen LogP) is 13.6. The molecule has 4 aromatic carbocycles. The molecule has 7 aromatic rings. The molecule has 0 amide bonds. The van der Waals surface area contributed by atoms with Crippen molar-refractivity contribution in [2.24, 2.45) is 10.8 Å². The Morgan fingerprint density at radius 3 is 0.884 bits per heavy atom. The van der Waals surface area contributed by atoms with E-state index in [1.165, 1.54) is 24.3 Å². The van der Waals surface area contributed by atoms with Crippen molar-refractivity contribution < 1.29 is 34.3 Å². The second-order valence-corrected chi connectivity index (χ2v) is 21.4. The van der Waals surface area contributed by atoms with Crippen molar-refractivity contribution in [1.82, 2.24) is 39.9 Å². The van der Waals surface area contributed by atoms with Crippen LogP contribution in [0.5, 0.6) is 0 Å². The number of allylic oxidation sites excluding steroid dienone is 2. The Balaban J connectivity index is 0.00000642. The van der Waals surface area contributed by atoms with Gasteiger partial charge in [0.2, 0.25) is 0 Å². The van der Waals surface area contributed by atoms with Crippen LogP contribution in [-0.4, -0.2) is 29.9 Å². The number of rotatable bonds is 4. The number of benzene rings is 4. The third-order valence-corrected chi connectivity index (χ3v) is 12.1. The smallest absolute Gasteiger partial charge is 0.357 e. The molecule has 0 N–H and O–H groups in total. The van der Waals surface area contributed by atoms with Gasteiger partial charge in [-0.15, -0.1) is 0 Å². The van der Waals surface area contributed by atoms with Gasteiger partial charge in [-0.3, -0.25) is 0 Å². The molecule has 8 nitrogen and oxygen atoms in total. The maximum absolute atomic E-state index is 16.4. The fourth-order valence-corrected chi connectivity index (χ4v) is 9.31. The van der Waals surface area contributed by atoms with Gasteiger partial charge in [0.15, 0.2) is 0 Å². The molecule has 0 fully saturated rings. The second kappa shape index (κ2) is 17.4. The Hall–Kier alpha value is -6.57. The predicted molar refractivity (Wildman–Crippen MR) is 262 cm³/mol. The SMILES string of the molecule is CC(C)(C)C1=C(c2ccccc2F)c2nc1nc1[n-]c(nc3nc(nc4[n-]c(n2)c(C(C)(C)C)c4-c2ccccc2F)C(C(C)(C)C)=C3c2ccccc2F)c(C(C)(C)C)c1-c1ccccc1F.[Co+2]. The number of halogens is 4. The Morgan fingerprint density at radius 2 is 0.609 bits per heavy atom. The van der Waals surface area contributed by atoms with Crippen molar-refractivity contribution >= 4 is 44.9 Å². The minimum absolute atomic E-state index is 0. The monoisotopic (exact) mass is 971 g/mol. The molecule has 5 heterocycles. The van der Waals surface area contributed by atoms with Crippen LogP contribution in [-0.2, 0) is 27.6 Å². The molecule has 0 unspecified atom stereocenters. The van der Waals surface area contributed by atoms with E-state index in [-0.39, 0.29) is 84.9 Å². The van der Waals surface area contributed by atoms with E-state index in [9.17, 15) is 0 Å². The zero-order valence-corrected chi connectivity index (χ0v) is 41.7. The molecule has 0 spiro atoms. The fourth-order valence-electron chi connectivity index (χ4n) is 9.31. The normalized spacial score (nSPS) is 13.6. The summed E-state index contributed by atoms with van der Waals surface area (Å²) in [5.74, 6) is -1.51. The topological polar surface area (TPSA) is 106 Å². The third kappa shape index (κ3) is 8.75. The van der Waals surface area contributed by atoms with Crippen LogP contribution in [0, 0.1) is 34.1 Å². The van der Waals surface area contributed by atoms with Crippen LogP contribution in [0.15, 0.2) is 97.1 Å². The third-order valence-electron chi connectivity index (χ3n) is 12.1. The zero-order chi connectivity index (χ0) is 48.8. The fraction of sp³-hybridized carbons (Fsp3) is 0.286. The first-order valence-corrected chi connectivity index (χ1v) is 22.6. The first-order chi connectivity index (χ1) is 31.9. The van der Waals surface area contributed by atoms with E-state index in [0.717, 1.165) is 0 Å². The van der Waals surface area contributed by atoms with E-state index in [4.69, 9.17) is 39.9 Å². The summed E-state index contributed by atoms with van der Waals surface area (Å²) < 4.78 is 65.6. The molecule has 3 aromatic heterocycles. The summed E-state index contributed by atoms with van der Waals surface area (Å²) in [6, 6.07) is 25.6. The zero-order valence-electron chi connectivity index (χ0n) is 40.7. The molecule has 69 heavy (non-hydrogen) atoms. The minimum Gasteiger partial charge on any atom is -0.357 e. The summed E-state index contributed by atoms with van der Waals surface area (Å²) in [7, 11) is 0. The second-order valence-electron chi connectivity index (χ2n) is 21.4. The summed E-state index contributed by atoms with van der Waals surface area (Å²) in [4.78, 5) is 41.5. The molecule has 2 aliphatic heterocycles. The minimum atomic E-state index is -0.747. The summed E-state index contributed by atoms with van der Waals surface area (Å²) in [6.45, 7) is 23.7. The van der Waals surface area contributed by atoms with Crippen molar-refractivity contribution in [2.75, 3.05) is 0 Å². The Kier molecular flexibility index (Phi) is 12.3. The molecule has 8 bridgehead atoms. The van der Waals surface area contributed by atoms with Crippen LogP contribution >= 0.6 is 0 Å². The van der Waals surface area contributed by atoms with Crippen LogP contribution < -0.4 is 9.97 Å². The molecule has 0 saturated heterocycles. The maximum atomic E-state index is 16.4. The summed E-state index contributed by atoms with van der Waals surface area (Å²) in [6.07, 6.45) is 0. The Bertz CT molecular complexity index is 3220. The van der Waals surface area contributed by atoms with Crippen molar-refractivity contribution in [3.05, 3.63) is 166 Å². The molecule has 0 aliphatic carbocycles. The van der Waals surface area contributed by atoms with E-state index in [0.29, 0.717) is 44.5 Å². The number of aromatic nitrogens is 8. The molecular formula is C56H52CoF4N8. The van der Waals surface area contributed by atoms with E-state index in [2.05, 4.69) is 0 Å². The van der Waals surface area contributed by atoms with Gasteiger partial charge in [-0.2, -0.15) is 0 Å². The van der Waals surface area contributed by atoms with Gasteiger partial charge < -0.3 is 29.9 Å². The van der Waals surface area contributed by atoms with Gasteiger partial charge in [-0.05, 0) is 68.2 Å². The largest absolute Gasteiger partial charge is 2.00 e.